The SMILES string of the molecule is COC(=O)CN(C#N)Cc1ccc(I)c(C)c1. The number of benzene rings is 1. The quantitative estimate of drug-likeness (QED) is 0.363. The summed E-state index contributed by atoms with van der Waals surface area (Å²) >= 11 is 2.26. The van der Waals surface area contributed by atoms with Crippen LogP contribution in [0.5, 0.6) is 0 Å². The highest BCUT2D eigenvalue weighted by Gasteiger charge is 2.09. The molecule has 0 saturated heterocycles. The molecule has 1 rings (SSSR count). The number of carbonyl (C=O) groups excluding carboxylic acids is 1. The first-order chi connectivity index (χ1) is 8.06. The van der Waals surface area contributed by atoms with E-state index in [1.165, 1.54) is 21.1 Å². The van der Waals surface area contributed by atoms with Crippen LogP contribution >= 0.6 is 22.6 Å². The first-order valence-electron chi connectivity index (χ1n) is 5.03. The van der Waals surface area contributed by atoms with Crippen molar-refractivity contribution in [2.45, 2.75) is 13.5 Å². The van der Waals surface area contributed by atoms with Gasteiger partial charge in [0, 0.05) is 3.57 Å². The molecule has 0 amide bonds. The average molecular weight is 344 g/mol. The summed E-state index contributed by atoms with van der Waals surface area (Å²) in [4.78, 5) is 12.4. The number of nitrogens with zero attached hydrogens (tertiary/aromatic N) is 2. The van der Waals surface area contributed by atoms with Gasteiger partial charge in [0.05, 0.1) is 13.7 Å². The number of rotatable bonds is 4. The Labute approximate surface area is 114 Å². The van der Waals surface area contributed by atoms with Gasteiger partial charge in [-0.3, -0.25) is 9.69 Å². The maximum Gasteiger partial charge on any atom is 0.326 e. The van der Waals surface area contributed by atoms with E-state index in [2.05, 4.69) is 27.3 Å². The lowest BCUT2D eigenvalue weighted by Crippen LogP contribution is -2.25. The molecule has 90 valence electrons. The fraction of sp³-hybridized carbons (Fsp3) is 0.333. The Morgan fingerprint density at radius 1 is 1.59 bits per heavy atom. The number of nitriles is 1. The third-order valence-electron chi connectivity index (χ3n) is 2.28. The van der Waals surface area contributed by atoms with Gasteiger partial charge in [-0.05, 0) is 46.7 Å². The maximum absolute atomic E-state index is 11.1. The molecule has 0 N–H and O–H groups in total. The Kier molecular flexibility index (Phi) is 5.22. The van der Waals surface area contributed by atoms with Crippen molar-refractivity contribution in [2.75, 3.05) is 13.7 Å². The van der Waals surface area contributed by atoms with E-state index in [1.807, 2.05) is 31.3 Å². The van der Waals surface area contributed by atoms with E-state index < -0.39 is 5.97 Å². The largest absolute Gasteiger partial charge is 0.468 e. The van der Waals surface area contributed by atoms with Crippen LogP contribution in [0.4, 0.5) is 0 Å². The Bertz CT molecular complexity index is 454. The summed E-state index contributed by atoms with van der Waals surface area (Å²) in [6.45, 7) is 2.42. The first kappa shape index (κ1) is 13.8. The molecule has 17 heavy (non-hydrogen) atoms. The highest BCUT2D eigenvalue weighted by Crippen LogP contribution is 2.14. The van der Waals surface area contributed by atoms with Crippen LogP contribution in [0, 0.1) is 21.9 Å². The van der Waals surface area contributed by atoms with E-state index in [-0.39, 0.29) is 6.54 Å². The summed E-state index contributed by atoms with van der Waals surface area (Å²) in [5, 5.41) is 8.92. The van der Waals surface area contributed by atoms with Crippen molar-refractivity contribution in [2.24, 2.45) is 0 Å². The van der Waals surface area contributed by atoms with Crippen molar-refractivity contribution in [3.8, 4) is 6.19 Å². The van der Waals surface area contributed by atoms with Gasteiger partial charge in [0.2, 0.25) is 0 Å². The second kappa shape index (κ2) is 6.45. The van der Waals surface area contributed by atoms with Crippen molar-refractivity contribution in [3.05, 3.63) is 32.9 Å². The van der Waals surface area contributed by atoms with Gasteiger partial charge in [0.1, 0.15) is 6.54 Å². The number of halogens is 1. The van der Waals surface area contributed by atoms with Crippen molar-refractivity contribution in [1.82, 2.24) is 4.90 Å². The lowest BCUT2D eigenvalue weighted by molar-refractivity contribution is -0.141. The molecule has 0 atom stereocenters. The fourth-order valence-electron chi connectivity index (χ4n) is 1.37. The molecule has 0 spiro atoms. The maximum atomic E-state index is 11.1. The smallest absolute Gasteiger partial charge is 0.326 e. The molecule has 0 aliphatic rings. The van der Waals surface area contributed by atoms with Crippen molar-refractivity contribution >= 4 is 28.6 Å². The van der Waals surface area contributed by atoms with Gasteiger partial charge in [0.15, 0.2) is 6.19 Å². The summed E-state index contributed by atoms with van der Waals surface area (Å²) in [7, 11) is 1.31. The Morgan fingerprint density at radius 3 is 2.82 bits per heavy atom. The zero-order valence-electron chi connectivity index (χ0n) is 9.74. The molecule has 0 fully saturated rings. The number of hydrogen-bond acceptors (Lipinski definition) is 4. The molecular formula is C12H13IN2O2. The molecule has 0 aliphatic carbocycles. The molecule has 5 heteroatoms. The first-order valence-corrected chi connectivity index (χ1v) is 6.11. The Morgan fingerprint density at radius 2 is 2.29 bits per heavy atom. The van der Waals surface area contributed by atoms with Gasteiger partial charge < -0.3 is 4.74 Å². The second-order valence-electron chi connectivity index (χ2n) is 3.62. The number of esters is 1. The van der Waals surface area contributed by atoms with Gasteiger partial charge in [-0.1, -0.05) is 12.1 Å². The monoisotopic (exact) mass is 344 g/mol. The molecule has 0 radical (unpaired) electrons. The minimum Gasteiger partial charge on any atom is -0.468 e. The van der Waals surface area contributed by atoms with E-state index >= 15 is 0 Å². The van der Waals surface area contributed by atoms with E-state index in [9.17, 15) is 4.79 Å². The third kappa shape index (κ3) is 4.23. The molecule has 0 aromatic heterocycles. The van der Waals surface area contributed by atoms with E-state index in [0.29, 0.717) is 6.54 Å². The zero-order valence-corrected chi connectivity index (χ0v) is 11.9. The van der Waals surface area contributed by atoms with Crippen molar-refractivity contribution in [1.29, 1.82) is 5.26 Å². The highest BCUT2D eigenvalue weighted by atomic mass is 127. The van der Waals surface area contributed by atoms with Crippen molar-refractivity contribution < 1.29 is 9.53 Å². The predicted octanol–water partition coefficient (Wildman–Crippen LogP) is 2.06. The molecule has 0 aliphatic heterocycles. The molecule has 0 saturated carbocycles. The number of aryl methyl sites for hydroxylation is 1. The standard InChI is InChI=1S/C12H13IN2O2/c1-9-5-10(3-4-11(9)13)6-15(8-14)7-12(16)17-2/h3-5H,6-7H2,1-2H3. The van der Waals surface area contributed by atoms with Gasteiger partial charge >= 0.3 is 5.97 Å². The third-order valence-corrected chi connectivity index (χ3v) is 3.50. The molecule has 4 nitrogen and oxygen atoms in total. The molecule has 0 unspecified atom stereocenters. The Hall–Kier alpha value is -1.29. The zero-order chi connectivity index (χ0) is 12.8. The van der Waals surface area contributed by atoms with Gasteiger partial charge in [-0.15, -0.1) is 0 Å². The molecule has 1 aromatic rings. The van der Waals surface area contributed by atoms with Crippen LogP contribution in [0.1, 0.15) is 11.1 Å². The predicted molar refractivity (Wildman–Crippen MR) is 71.9 cm³/mol. The normalized spacial score (nSPS) is 9.53. The topological polar surface area (TPSA) is 53.3 Å². The van der Waals surface area contributed by atoms with Gasteiger partial charge in [-0.25, -0.2) is 0 Å². The van der Waals surface area contributed by atoms with Crippen LogP contribution in [-0.4, -0.2) is 24.5 Å². The summed E-state index contributed by atoms with van der Waals surface area (Å²) < 4.78 is 5.71. The summed E-state index contributed by atoms with van der Waals surface area (Å²) in [5.74, 6) is -0.409. The van der Waals surface area contributed by atoms with E-state index in [4.69, 9.17) is 5.26 Å². The minimum atomic E-state index is -0.409. The van der Waals surface area contributed by atoms with E-state index in [0.717, 1.165) is 5.56 Å². The average Bonchev–Trinajstić information content (AvgIpc) is 2.32. The van der Waals surface area contributed by atoms with Gasteiger partial charge in [-0.2, -0.15) is 5.26 Å². The lowest BCUT2D eigenvalue weighted by Gasteiger charge is -2.14. The van der Waals surface area contributed by atoms with Crippen LogP contribution in [0.25, 0.3) is 0 Å². The fourth-order valence-corrected chi connectivity index (χ4v) is 1.71. The lowest BCUT2D eigenvalue weighted by atomic mass is 10.1. The summed E-state index contributed by atoms with van der Waals surface area (Å²) in [6, 6.07) is 5.97. The number of hydrogen-bond donors (Lipinski definition) is 0. The second-order valence-corrected chi connectivity index (χ2v) is 4.78. The molecule has 0 bridgehead atoms. The molecule has 1 aromatic carbocycles. The van der Waals surface area contributed by atoms with Crippen molar-refractivity contribution in [3.63, 3.8) is 0 Å². The van der Waals surface area contributed by atoms with Crippen LogP contribution in [0.2, 0.25) is 0 Å². The van der Waals surface area contributed by atoms with Crippen LogP contribution < -0.4 is 0 Å². The molecule has 0 heterocycles. The Balaban J connectivity index is 2.71. The number of ether oxygens (including phenoxy) is 1. The minimum absolute atomic E-state index is 0.0158. The van der Waals surface area contributed by atoms with Crippen LogP contribution in [-0.2, 0) is 16.1 Å². The number of carbonyl (C=O) groups is 1. The van der Waals surface area contributed by atoms with Crippen LogP contribution in [0.3, 0.4) is 0 Å². The molecular weight excluding hydrogens is 331 g/mol. The summed E-state index contributed by atoms with van der Waals surface area (Å²) in [5.41, 5.74) is 2.17. The van der Waals surface area contributed by atoms with Gasteiger partial charge in [0.25, 0.3) is 0 Å². The number of methoxy groups -OCH3 is 1. The summed E-state index contributed by atoms with van der Waals surface area (Å²) in [6.07, 6.45) is 1.98. The van der Waals surface area contributed by atoms with Crippen LogP contribution in [0.15, 0.2) is 18.2 Å². The highest BCUT2D eigenvalue weighted by molar-refractivity contribution is 14.1. The van der Waals surface area contributed by atoms with E-state index in [1.54, 1.807) is 0 Å².